The van der Waals surface area contributed by atoms with E-state index in [4.69, 9.17) is 16.9 Å². The van der Waals surface area contributed by atoms with E-state index in [1.165, 1.54) is 18.6 Å². The molecule has 0 fully saturated rings. The van der Waals surface area contributed by atoms with Crippen LogP contribution in [0.1, 0.15) is 11.1 Å². The monoisotopic (exact) mass is 262 g/mol. The predicted molar refractivity (Wildman–Crippen MR) is 65.5 cm³/mol. The van der Waals surface area contributed by atoms with Gasteiger partial charge in [0, 0.05) is 12.1 Å². The van der Waals surface area contributed by atoms with Crippen LogP contribution in [0.2, 0.25) is 5.02 Å². The summed E-state index contributed by atoms with van der Waals surface area (Å²) >= 11 is 5.85. The average molecular weight is 263 g/mol. The highest BCUT2D eigenvalue weighted by Crippen LogP contribution is 2.18. The molecule has 4 nitrogen and oxygen atoms in total. The van der Waals surface area contributed by atoms with Gasteiger partial charge in [0.05, 0.1) is 17.8 Å². The Morgan fingerprint density at radius 1 is 1.44 bits per heavy atom. The zero-order valence-electron chi connectivity index (χ0n) is 9.19. The molecule has 0 atom stereocenters. The Labute approximate surface area is 108 Å². The van der Waals surface area contributed by atoms with Gasteiger partial charge in [-0.2, -0.15) is 5.26 Å². The fraction of sp³-hybridized carbons (Fsp3) is 0.0833. The number of anilines is 1. The Hall–Kier alpha value is -2.19. The third-order valence-electron chi connectivity index (χ3n) is 2.30. The lowest BCUT2D eigenvalue weighted by Gasteiger charge is -2.07. The molecule has 90 valence electrons. The Morgan fingerprint density at radius 2 is 2.28 bits per heavy atom. The number of hydrogen-bond acceptors (Lipinski definition) is 4. The molecule has 1 aromatic heterocycles. The second-order valence-electron chi connectivity index (χ2n) is 3.49. The maximum atomic E-state index is 13.6. The molecule has 1 heterocycles. The molecule has 0 saturated heterocycles. The average Bonchev–Trinajstić information content (AvgIpc) is 2.39. The molecule has 0 radical (unpaired) electrons. The zero-order chi connectivity index (χ0) is 13.0. The van der Waals surface area contributed by atoms with Crippen molar-refractivity contribution in [2.75, 3.05) is 5.32 Å². The number of nitrogens with one attached hydrogen (secondary N) is 1. The molecule has 18 heavy (non-hydrogen) atoms. The lowest BCUT2D eigenvalue weighted by molar-refractivity contribution is 0.612. The number of nitrogens with zero attached hydrogens (tertiary/aromatic N) is 3. The molecule has 0 unspecified atom stereocenters. The molecule has 0 bridgehead atoms. The minimum atomic E-state index is -0.438. The van der Waals surface area contributed by atoms with E-state index in [9.17, 15) is 4.39 Å². The summed E-state index contributed by atoms with van der Waals surface area (Å²) in [6, 6.07) is 6.18. The first kappa shape index (κ1) is 12.3. The normalized spacial score (nSPS) is 9.83. The van der Waals surface area contributed by atoms with Crippen LogP contribution in [0.5, 0.6) is 0 Å². The first-order chi connectivity index (χ1) is 8.70. The fourth-order valence-corrected chi connectivity index (χ4v) is 1.55. The van der Waals surface area contributed by atoms with Crippen LogP contribution in [-0.4, -0.2) is 9.97 Å². The molecule has 0 spiro atoms. The van der Waals surface area contributed by atoms with Gasteiger partial charge in [-0.1, -0.05) is 17.7 Å². The lowest BCUT2D eigenvalue weighted by Crippen LogP contribution is -2.04. The van der Waals surface area contributed by atoms with Crippen LogP contribution in [0.3, 0.4) is 0 Å². The minimum absolute atomic E-state index is 0.230. The molecular formula is C12H8ClFN4. The maximum absolute atomic E-state index is 13.6. The smallest absolute Gasteiger partial charge is 0.148 e. The molecule has 1 N–H and O–H groups in total. The molecule has 2 rings (SSSR count). The molecule has 0 aliphatic heterocycles. The van der Waals surface area contributed by atoms with Crippen molar-refractivity contribution >= 4 is 17.4 Å². The van der Waals surface area contributed by atoms with Crippen LogP contribution in [0, 0.1) is 17.1 Å². The fourth-order valence-electron chi connectivity index (χ4n) is 1.38. The van der Waals surface area contributed by atoms with Crippen LogP contribution in [0.4, 0.5) is 10.2 Å². The molecule has 2 aromatic rings. The number of halogens is 2. The van der Waals surface area contributed by atoms with E-state index in [1.54, 1.807) is 12.1 Å². The van der Waals surface area contributed by atoms with Gasteiger partial charge in [0.15, 0.2) is 0 Å². The van der Waals surface area contributed by atoms with Gasteiger partial charge in [-0.15, -0.1) is 0 Å². The van der Waals surface area contributed by atoms with Crippen molar-refractivity contribution in [2.45, 2.75) is 6.54 Å². The molecule has 0 aliphatic rings. The standard InChI is InChI=1S/C12H8ClFN4/c13-10-6-16-7-18-12(10)17-5-9-2-1-8(4-15)3-11(9)14/h1-3,6-7H,5H2,(H,16,17,18). The highest BCUT2D eigenvalue weighted by molar-refractivity contribution is 6.32. The summed E-state index contributed by atoms with van der Waals surface area (Å²) in [4.78, 5) is 7.67. The van der Waals surface area contributed by atoms with Gasteiger partial charge in [-0.05, 0) is 12.1 Å². The summed E-state index contributed by atoms with van der Waals surface area (Å²) in [7, 11) is 0. The molecule has 0 aliphatic carbocycles. The number of nitriles is 1. The largest absolute Gasteiger partial charge is 0.365 e. The van der Waals surface area contributed by atoms with Crippen LogP contribution in [0.15, 0.2) is 30.7 Å². The highest BCUT2D eigenvalue weighted by Gasteiger charge is 2.05. The van der Waals surface area contributed by atoms with E-state index in [-0.39, 0.29) is 12.1 Å². The second-order valence-corrected chi connectivity index (χ2v) is 3.90. The van der Waals surface area contributed by atoms with Crippen molar-refractivity contribution in [3.8, 4) is 6.07 Å². The van der Waals surface area contributed by atoms with Crippen LogP contribution in [-0.2, 0) is 6.54 Å². The summed E-state index contributed by atoms with van der Waals surface area (Å²) < 4.78 is 13.6. The topological polar surface area (TPSA) is 61.6 Å². The van der Waals surface area contributed by atoms with Crippen molar-refractivity contribution in [3.63, 3.8) is 0 Å². The number of benzene rings is 1. The Kier molecular flexibility index (Phi) is 3.70. The molecule has 1 aromatic carbocycles. The van der Waals surface area contributed by atoms with E-state index in [2.05, 4.69) is 15.3 Å². The van der Waals surface area contributed by atoms with E-state index in [0.29, 0.717) is 16.4 Å². The predicted octanol–water partition coefficient (Wildman–Crippen LogP) is 2.75. The quantitative estimate of drug-likeness (QED) is 0.924. The van der Waals surface area contributed by atoms with Gasteiger partial charge in [-0.25, -0.2) is 14.4 Å². The van der Waals surface area contributed by atoms with Gasteiger partial charge >= 0.3 is 0 Å². The molecule has 6 heteroatoms. The van der Waals surface area contributed by atoms with Crippen LogP contribution in [0.25, 0.3) is 0 Å². The van der Waals surface area contributed by atoms with E-state index in [1.807, 2.05) is 6.07 Å². The van der Waals surface area contributed by atoms with Gasteiger partial charge < -0.3 is 5.32 Å². The molecule has 0 saturated carbocycles. The van der Waals surface area contributed by atoms with Crippen LogP contribution >= 0.6 is 11.6 Å². The van der Waals surface area contributed by atoms with Gasteiger partial charge in [-0.3, -0.25) is 0 Å². The summed E-state index contributed by atoms with van der Waals surface area (Å²) in [6.45, 7) is 0.230. The van der Waals surface area contributed by atoms with Crippen molar-refractivity contribution in [1.82, 2.24) is 9.97 Å². The Balaban J connectivity index is 2.12. The van der Waals surface area contributed by atoms with Crippen molar-refractivity contribution < 1.29 is 4.39 Å². The summed E-state index contributed by atoms with van der Waals surface area (Å²) in [5, 5.41) is 11.9. The van der Waals surface area contributed by atoms with Gasteiger partial charge in [0.25, 0.3) is 0 Å². The first-order valence-corrected chi connectivity index (χ1v) is 5.46. The zero-order valence-corrected chi connectivity index (χ0v) is 9.95. The Bertz CT molecular complexity index is 609. The third-order valence-corrected chi connectivity index (χ3v) is 2.57. The van der Waals surface area contributed by atoms with E-state index < -0.39 is 5.82 Å². The number of aromatic nitrogens is 2. The van der Waals surface area contributed by atoms with E-state index >= 15 is 0 Å². The van der Waals surface area contributed by atoms with Gasteiger partial charge in [0.1, 0.15) is 23.0 Å². The van der Waals surface area contributed by atoms with Crippen LogP contribution < -0.4 is 5.32 Å². The van der Waals surface area contributed by atoms with E-state index in [0.717, 1.165) is 0 Å². The number of hydrogen-bond donors (Lipinski definition) is 1. The summed E-state index contributed by atoms with van der Waals surface area (Å²) in [5.41, 5.74) is 0.722. The SMILES string of the molecule is N#Cc1ccc(CNc2ncncc2Cl)c(F)c1. The molecular weight excluding hydrogens is 255 g/mol. The van der Waals surface area contributed by atoms with Crippen molar-refractivity contribution in [1.29, 1.82) is 5.26 Å². The van der Waals surface area contributed by atoms with Gasteiger partial charge in [0.2, 0.25) is 0 Å². The maximum Gasteiger partial charge on any atom is 0.148 e. The van der Waals surface area contributed by atoms with Crippen molar-refractivity contribution in [2.24, 2.45) is 0 Å². The van der Waals surface area contributed by atoms with Crippen molar-refractivity contribution in [3.05, 3.63) is 52.7 Å². The third kappa shape index (κ3) is 2.73. The highest BCUT2D eigenvalue weighted by atomic mass is 35.5. The Morgan fingerprint density at radius 3 is 2.94 bits per heavy atom. The minimum Gasteiger partial charge on any atom is -0.365 e. The summed E-state index contributed by atoms with van der Waals surface area (Å²) in [6.07, 6.45) is 2.80. The second kappa shape index (κ2) is 5.43. The summed E-state index contributed by atoms with van der Waals surface area (Å²) in [5.74, 6) is 0.00200. The lowest BCUT2D eigenvalue weighted by atomic mass is 10.1. The molecule has 0 amide bonds. The first-order valence-electron chi connectivity index (χ1n) is 5.08. The number of rotatable bonds is 3.